The number of fused-ring (bicyclic) bond motifs is 7. The summed E-state index contributed by atoms with van der Waals surface area (Å²) in [6.45, 7) is 4.70. The highest BCUT2D eigenvalue weighted by Crippen LogP contribution is 2.53. The molecule has 0 bridgehead atoms. The zero-order chi connectivity index (χ0) is 42.1. The van der Waals surface area contributed by atoms with Crippen LogP contribution in [0.1, 0.15) is 25.0 Å². The van der Waals surface area contributed by atoms with E-state index in [1.54, 1.807) is 0 Å². The summed E-state index contributed by atoms with van der Waals surface area (Å²) in [4.78, 5) is 13.1. The first-order valence-corrected chi connectivity index (χ1v) is 21.7. The van der Waals surface area contributed by atoms with Crippen molar-refractivity contribution in [2.75, 3.05) is 4.90 Å². The second-order valence-corrected chi connectivity index (χ2v) is 17.0. The Labute approximate surface area is 367 Å². The summed E-state index contributed by atoms with van der Waals surface area (Å²) >= 11 is 0. The van der Waals surface area contributed by atoms with Crippen LogP contribution in [-0.4, -0.2) is 14.5 Å². The van der Waals surface area contributed by atoms with Gasteiger partial charge < -0.3 is 4.90 Å². The van der Waals surface area contributed by atoms with Crippen molar-refractivity contribution in [3.05, 3.63) is 230 Å². The molecule has 63 heavy (non-hydrogen) atoms. The van der Waals surface area contributed by atoms with Crippen LogP contribution in [0, 0.1) is 0 Å². The fourth-order valence-corrected chi connectivity index (χ4v) is 9.93. The van der Waals surface area contributed by atoms with E-state index in [2.05, 4.69) is 236 Å². The van der Waals surface area contributed by atoms with Gasteiger partial charge in [0.2, 0.25) is 0 Å². The van der Waals surface area contributed by atoms with Crippen LogP contribution in [0.2, 0.25) is 0 Å². The molecule has 11 aromatic rings. The van der Waals surface area contributed by atoms with Crippen LogP contribution < -0.4 is 4.90 Å². The number of hydrogen-bond acceptors (Lipinski definition) is 3. The molecule has 9 aromatic carbocycles. The van der Waals surface area contributed by atoms with E-state index in [4.69, 9.17) is 9.97 Å². The molecule has 0 amide bonds. The molecule has 0 aliphatic carbocycles. The molecule has 4 nitrogen and oxygen atoms in total. The van der Waals surface area contributed by atoms with Crippen molar-refractivity contribution in [3.8, 4) is 50.7 Å². The first-order valence-electron chi connectivity index (χ1n) is 21.7. The van der Waals surface area contributed by atoms with E-state index < -0.39 is 0 Å². The van der Waals surface area contributed by atoms with Crippen LogP contribution in [0.25, 0.3) is 83.3 Å². The maximum absolute atomic E-state index is 5.40. The Morgan fingerprint density at radius 3 is 1.83 bits per heavy atom. The van der Waals surface area contributed by atoms with Crippen LogP contribution in [-0.2, 0) is 5.41 Å². The maximum Gasteiger partial charge on any atom is 0.162 e. The van der Waals surface area contributed by atoms with Crippen molar-refractivity contribution in [2.45, 2.75) is 19.3 Å². The van der Waals surface area contributed by atoms with Gasteiger partial charge in [0, 0.05) is 39.1 Å². The van der Waals surface area contributed by atoms with E-state index in [-0.39, 0.29) is 5.41 Å². The van der Waals surface area contributed by atoms with Crippen molar-refractivity contribution in [3.63, 3.8) is 0 Å². The fourth-order valence-electron chi connectivity index (χ4n) is 9.93. The highest BCUT2D eigenvalue weighted by atomic mass is 15.2. The third kappa shape index (κ3) is 5.98. The van der Waals surface area contributed by atoms with Gasteiger partial charge in [-0.2, -0.15) is 0 Å². The van der Waals surface area contributed by atoms with E-state index in [1.165, 1.54) is 60.7 Å². The maximum atomic E-state index is 5.40. The Bertz CT molecular complexity index is 3520. The molecule has 0 saturated carbocycles. The summed E-state index contributed by atoms with van der Waals surface area (Å²) in [5, 5.41) is 4.80. The second-order valence-electron chi connectivity index (χ2n) is 17.0. The van der Waals surface area contributed by atoms with Crippen molar-refractivity contribution in [1.29, 1.82) is 0 Å². The van der Waals surface area contributed by atoms with Gasteiger partial charge in [-0.25, -0.2) is 9.97 Å². The molecule has 0 unspecified atom stereocenters. The standard InChI is InChI=1S/C59H42N4/c1-59(2)48-26-14-15-27-51(48)62(45-22-10-5-11-23-45)54-37-44(33-35-49(54)59)47-25-16-28-52-57(47)56-46-24-13-12-19-41(46)34-36-53(56)63(52)55-38-50(60-58(61-55)43-20-8-4-9-21-43)42-31-29-40(30-32-42)39-17-6-3-7-18-39/h3-38H,1-2H3. The first-order chi connectivity index (χ1) is 31.0. The number of hydrogen-bond donors (Lipinski definition) is 0. The van der Waals surface area contributed by atoms with Crippen LogP contribution in [0.5, 0.6) is 0 Å². The lowest BCUT2D eigenvalue weighted by Crippen LogP contribution is -2.30. The molecule has 0 spiro atoms. The molecule has 0 atom stereocenters. The van der Waals surface area contributed by atoms with Gasteiger partial charge in [-0.15, -0.1) is 0 Å². The molecule has 12 rings (SSSR count). The largest absolute Gasteiger partial charge is 0.310 e. The van der Waals surface area contributed by atoms with Gasteiger partial charge in [0.15, 0.2) is 5.82 Å². The number of rotatable bonds is 6. The third-order valence-electron chi connectivity index (χ3n) is 13.0. The predicted molar refractivity (Wildman–Crippen MR) is 262 cm³/mol. The number of anilines is 3. The lowest BCUT2D eigenvalue weighted by atomic mass is 9.73. The molecule has 0 saturated heterocycles. The minimum Gasteiger partial charge on any atom is -0.310 e. The molecule has 1 aliphatic rings. The van der Waals surface area contributed by atoms with Crippen LogP contribution >= 0.6 is 0 Å². The van der Waals surface area contributed by atoms with Crippen LogP contribution in [0.15, 0.2) is 218 Å². The molecule has 1 aliphatic heterocycles. The Hall–Kier alpha value is -8.08. The summed E-state index contributed by atoms with van der Waals surface area (Å²) < 4.78 is 2.35. The lowest BCUT2D eigenvalue weighted by Gasteiger charge is -2.42. The molecule has 0 fully saturated rings. The quantitative estimate of drug-likeness (QED) is 0.168. The van der Waals surface area contributed by atoms with Crippen LogP contribution in [0.3, 0.4) is 0 Å². The van der Waals surface area contributed by atoms with Crippen molar-refractivity contribution < 1.29 is 0 Å². The highest BCUT2D eigenvalue weighted by Gasteiger charge is 2.37. The van der Waals surface area contributed by atoms with Gasteiger partial charge in [0.05, 0.1) is 28.1 Å². The van der Waals surface area contributed by atoms with Crippen molar-refractivity contribution in [2.24, 2.45) is 0 Å². The number of nitrogens with zero attached hydrogens (tertiary/aromatic N) is 4. The van der Waals surface area contributed by atoms with E-state index in [1.807, 2.05) is 6.07 Å². The Balaban J connectivity index is 1.11. The average Bonchev–Trinajstić information content (AvgIpc) is 3.70. The molecule has 3 heterocycles. The average molecular weight is 807 g/mol. The lowest BCUT2D eigenvalue weighted by molar-refractivity contribution is 0.632. The summed E-state index contributed by atoms with van der Waals surface area (Å²) in [5.41, 5.74) is 15.7. The number of para-hydroxylation sites is 2. The van der Waals surface area contributed by atoms with E-state index in [0.717, 1.165) is 44.9 Å². The minimum atomic E-state index is -0.197. The summed E-state index contributed by atoms with van der Waals surface area (Å²) in [7, 11) is 0. The van der Waals surface area contributed by atoms with Gasteiger partial charge in [0.25, 0.3) is 0 Å². The molecule has 0 N–H and O–H groups in total. The van der Waals surface area contributed by atoms with Crippen molar-refractivity contribution in [1.82, 2.24) is 14.5 Å². The Morgan fingerprint density at radius 2 is 1.03 bits per heavy atom. The Morgan fingerprint density at radius 1 is 0.413 bits per heavy atom. The summed E-state index contributed by atoms with van der Waals surface area (Å²) in [6.07, 6.45) is 0. The molecular formula is C59H42N4. The van der Waals surface area contributed by atoms with Gasteiger partial charge in [-0.3, -0.25) is 4.57 Å². The summed E-state index contributed by atoms with van der Waals surface area (Å²) in [6, 6.07) is 78.4. The van der Waals surface area contributed by atoms with Gasteiger partial charge in [-0.05, 0) is 80.6 Å². The molecular weight excluding hydrogens is 765 g/mol. The fraction of sp³-hybridized carbons (Fsp3) is 0.0508. The minimum absolute atomic E-state index is 0.197. The SMILES string of the molecule is CC1(C)c2ccccc2N(c2ccccc2)c2cc(-c3cccc4c3c3c5ccccc5ccc3n4-c3cc(-c4ccc(-c5ccccc5)cc4)nc(-c4ccccc4)n3)ccc21. The first kappa shape index (κ1) is 36.7. The van der Waals surface area contributed by atoms with E-state index in [0.29, 0.717) is 5.82 Å². The molecule has 0 radical (unpaired) electrons. The molecule has 298 valence electrons. The Kier molecular flexibility index (Phi) is 8.48. The highest BCUT2D eigenvalue weighted by molar-refractivity contribution is 6.25. The normalized spacial score (nSPS) is 13.0. The molecule has 4 heteroatoms. The number of benzene rings is 9. The zero-order valence-electron chi connectivity index (χ0n) is 35.1. The monoisotopic (exact) mass is 806 g/mol. The molecule has 2 aromatic heterocycles. The summed E-state index contributed by atoms with van der Waals surface area (Å²) in [5.74, 6) is 1.50. The van der Waals surface area contributed by atoms with Crippen molar-refractivity contribution >= 4 is 49.6 Å². The predicted octanol–water partition coefficient (Wildman–Crippen LogP) is 15.5. The van der Waals surface area contributed by atoms with Gasteiger partial charge in [-0.1, -0.05) is 190 Å². The second kappa shape index (κ2) is 14.5. The van der Waals surface area contributed by atoms with E-state index >= 15 is 0 Å². The third-order valence-corrected chi connectivity index (χ3v) is 13.0. The van der Waals surface area contributed by atoms with Crippen LogP contribution in [0.4, 0.5) is 17.1 Å². The van der Waals surface area contributed by atoms with E-state index in [9.17, 15) is 0 Å². The number of aromatic nitrogens is 3. The van der Waals surface area contributed by atoms with Gasteiger partial charge >= 0.3 is 0 Å². The van der Waals surface area contributed by atoms with Gasteiger partial charge in [0.1, 0.15) is 5.82 Å². The smallest absolute Gasteiger partial charge is 0.162 e. The zero-order valence-corrected chi connectivity index (χ0v) is 35.1. The topological polar surface area (TPSA) is 34.0 Å².